The summed E-state index contributed by atoms with van der Waals surface area (Å²) in [5, 5.41) is 3.57. The van der Waals surface area contributed by atoms with Crippen molar-refractivity contribution in [3.8, 4) is 5.75 Å². The van der Waals surface area contributed by atoms with Crippen molar-refractivity contribution in [2.75, 3.05) is 6.54 Å². The van der Waals surface area contributed by atoms with Crippen molar-refractivity contribution >= 4 is 6.09 Å². The summed E-state index contributed by atoms with van der Waals surface area (Å²) in [6.07, 6.45) is 0.629. The van der Waals surface area contributed by atoms with Gasteiger partial charge in [0.25, 0.3) is 0 Å². The smallest absolute Gasteiger partial charge is 0.410 e. The fraction of sp³-hybridized carbons (Fsp3) is 0.364. The van der Waals surface area contributed by atoms with Gasteiger partial charge in [-0.15, -0.1) is 0 Å². The summed E-state index contributed by atoms with van der Waals surface area (Å²) in [4.78, 5) is 16.0. The SMILES string of the molecule is [N-]=[N+]=NC1CCCN1C(=O)Oc1ccccc1. The molecule has 0 spiro atoms. The van der Waals surface area contributed by atoms with Crippen molar-refractivity contribution in [3.05, 3.63) is 40.8 Å². The van der Waals surface area contributed by atoms with E-state index >= 15 is 0 Å². The van der Waals surface area contributed by atoms with Gasteiger partial charge < -0.3 is 4.74 Å². The third-order valence-electron chi connectivity index (χ3n) is 2.59. The van der Waals surface area contributed by atoms with Gasteiger partial charge in [0.2, 0.25) is 0 Å². The Bertz CT molecular complexity index is 442. The molecule has 1 atom stereocenters. The summed E-state index contributed by atoms with van der Waals surface area (Å²) in [5.74, 6) is 0.490. The van der Waals surface area contributed by atoms with E-state index in [4.69, 9.17) is 10.3 Å². The van der Waals surface area contributed by atoms with Gasteiger partial charge >= 0.3 is 6.09 Å². The summed E-state index contributed by atoms with van der Waals surface area (Å²) >= 11 is 0. The van der Waals surface area contributed by atoms with Crippen LogP contribution in [-0.4, -0.2) is 23.7 Å². The van der Waals surface area contributed by atoms with Crippen LogP contribution in [0.4, 0.5) is 4.79 Å². The normalized spacial score (nSPS) is 18.6. The topological polar surface area (TPSA) is 78.3 Å². The van der Waals surface area contributed by atoms with Crippen molar-refractivity contribution in [2.45, 2.75) is 19.0 Å². The highest BCUT2D eigenvalue weighted by Crippen LogP contribution is 2.20. The minimum atomic E-state index is -0.467. The first-order valence-corrected chi connectivity index (χ1v) is 5.39. The predicted octanol–water partition coefficient (Wildman–Crippen LogP) is 2.92. The molecule has 1 saturated heterocycles. The highest BCUT2D eigenvalue weighted by atomic mass is 16.6. The fourth-order valence-electron chi connectivity index (χ4n) is 1.79. The minimum absolute atomic E-state index is 0.420. The molecule has 0 saturated carbocycles. The zero-order valence-electron chi connectivity index (χ0n) is 9.19. The molecular formula is C11H12N4O2. The van der Waals surface area contributed by atoms with E-state index in [-0.39, 0.29) is 0 Å². The predicted molar refractivity (Wildman–Crippen MR) is 61.3 cm³/mol. The van der Waals surface area contributed by atoms with Gasteiger partial charge in [-0.1, -0.05) is 23.3 Å². The average Bonchev–Trinajstić information content (AvgIpc) is 2.79. The lowest BCUT2D eigenvalue weighted by Gasteiger charge is -2.19. The van der Waals surface area contributed by atoms with Crippen LogP contribution >= 0.6 is 0 Å². The van der Waals surface area contributed by atoms with Gasteiger partial charge in [0.15, 0.2) is 0 Å². The molecule has 88 valence electrons. The van der Waals surface area contributed by atoms with Crippen molar-refractivity contribution < 1.29 is 9.53 Å². The number of hydrogen-bond donors (Lipinski definition) is 0. The second-order valence-electron chi connectivity index (χ2n) is 3.70. The van der Waals surface area contributed by atoms with E-state index in [0.29, 0.717) is 18.7 Å². The summed E-state index contributed by atoms with van der Waals surface area (Å²) in [5.41, 5.74) is 8.40. The number of azide groups is 1. The number of hydrogen-bond acceptors (Lipinski definition) is 3. The van der Waals surface area contributed by atoms with Crippen LogP contribution in [0.15, 0.2) is 35.4 Å². The van der Waals surface area contributed by atoms with E-state index in [1.54, 1.807) is 24.3 Å². The Morgan fingerprint density at radius 1 is 1.47 bits per heavy atom. The van der Waals surface area contributed by atoms with Crippen LogP contribution in [-0.2, 0) is 0 Å². The first-order chi connectivity index (χ1) is 8.31. The molecule has 17 heavy (non-hydrogen) atoms. The zero-order chi connectivity index (χ0) is 12.1. The number of likely N-dealkylation sites (tertiary alicyclic amines) is 1. The van der Waals surface area contributed by atoms with E-state index in [9.17, 15) is 4.79 Å². The number of rotatable bonds is 2. The maximum Gasteiger partial charge on any atom is 0.415 e. The van der Waals surface area contributed by atoms with Crippen molar-refractivity contribution in [1.82, 2.24) is 4.90 Å². The number of benzene rings is 1. The maximum absolute atomic E-state index is 11.8. The number of nitrogens with zero attached hydrogens (tertiary/aromatic N) is 4. The average molecular weight is 232 g/mol. The molecule has 1 aliphatic rings. The third-order valence-corrected chi connectivity index (χ3v) is 2.59. The molecule has 1 heterocycles. The number of ether oxygens (including phenoxy) is 1. The molecule has 6 nitrogen and oxygen atoms in total. The van der Waals surface area contributed by atoms with Crippen molar-refractivity contribution in [3.63, 3.8) is 0 Å². The van der Waals surface area contributed by atoms with E-state index in [1.165, 1.54) is 4.90 Å². The second-order valence-corrected chi connectivity index (χ2v) is 3.70. The first-order valence-electron chi connectivity index (χ1n) is 5.39. The highest BCUT2D eigenvalue weighted by molar-refractivity contribution is 5.71. The Balaban J connectivity index is 2.02. The standard InChI is InChI=1S/C11H12N4O2/c12-14-13-10-7-4-8-15(10)11(16)17-9-5-2-1-3-6-9/h1-3,5-6,10H,4,7-8H2. The molecular weight excluding hydrogens is 220 g/mol. The summed E-state index contributed by atoms with van der Waals surface area (Å²) in [6, 6.07) is 8.83. The van der Waals surface area contributed by atoms with E-state index < -0.39 is 12.3 Å². The molecule has 1 aromatic carbocycles. The van der Waals surface area contributed by atoms with Crippen molar-refractivity contribution in [1.29, 1.82) is 0 Å². The maximum atomic E-state index is 11.8. The molecule has 1 unspecified atom stereocenters. The zero-order valence-corrected chi connectivity index (χ0v) is 9.19. The van der Waals surface area contributed by atoms with Crippen molar-refractivity contribution in [2.24, 2.45) is 5.11 Å². The van der Waals surface area contributed by atoms with E-state index in [2.05, 4.69) is 10.0 Å². The van der Waals surface area contributed by atoms with Gasteiger partial charge in [-0.2, -0.15) is 0 Å². The molecule has 0 aliphatic carbocycles. The Hall–Kier alpha value is -2.20. The Morgan fingerprint density at radius 3 is 2.94 bits per heavy atom. The van der Waals surface area contributed by atoms with Gasteiger partial charge in [-0.25, -0.2) is 4.79 Å². The Morgan fingerprint density at radius 2 is 2.24 bits per heavy atom. The van der Waals surface area contributed by atoms with Crippen LogP contribution in [0.5, 0.6) is 5.75 Å². The number of carbonyl (C=O) groups is 1. The summed E-state index contributed by atoms with van der Waals surface area (Å²) < 4.78 is 5.18. The highest BCUT2D eigenvalue weighted by Gasteiger charge is 2.29. The summed E-state index contributed by atoms with van der Waals surface area (Å²) in [6.45, 7) is 0.565. The van der Waals surface area contributed by atoms with Crippen LogP contribution in [0, 0.1) is 0 Å². The molecule has 0 bridgehead atoms. The molecule has 6 heteroatoms. The fourth-order valence-corrected chi connectivity index (χ4v) is 1.79. The molecule has 1 aliphatic heterocycles. The molecule has 1 fully saturated rings. The second kappa shape index (κ2) is 5.23. The number of amides is 1. The molecule has 1 aromatic rings. The van der Waals surface area contributed by atoms with Gasteiger partial charge in [0.1, 0.15) is 11.9 Å². The van der Waals surface area contributed by atoms with Gasteiger partial charge in [-0.3, -0.25) is 4.90 Å². The quantitative estimate of drug-likeness (QED) is 0.446. The first kappa shape index (κ1) is 11.3. The summed E-state index contributed by atoms with van der Waals surface area (Å²) in [7, 11) is 0. The van der Waals surface area contributed by atoms with Crippen LogP contribution in [0.25, 0.3) is 10.4 Å². The molecule has 0 radical (unpaired) electrons. The largest absolute Gasteiger partial charge is 0.415 e. The third kappa shape index (κ3) is 2.68. The van der Waals surface area contributed by atoms with Gasteiger partial charge in [-0.05, 0) is 30.5 Å². The lowest BCUT2D eigenvalue weighted by molar-refractivity contribution is 0.148. The van der Waals surface area contributed by atoms with Crippen LogP contribution in [0.2, 0.25) is 0 Å². The van der Waals surface area contributed by atoms with Crippen LogP contribution in [0.1, 0.15) is 12.8 Å². The minimum Gasteiger partial charge on any atom is -0.410 e. The molecule has 1 amide bonds. The van der Waals surface area contributed by atoms with Gasteiger partial charge in [0.05, 0.1) is 0 Å². The number of carbonyl (C=O) groups excluding carboxylic acids is 1. The molecule has 2 rings (SSSR count). The van der Waals surface area contributed by atoms with Crippen LogP contribution in [0.3, 0.4) is 0 Å². The Kier molecular flexibility index (Phi) is 3.47. The molecule has 0 aromatic heterocycles. The van der Waals surface area contributed by atoms with E-state index in [0.717, 1.165) is 6.42 Å². The number of para-hydroxylation sites is 1. The monoisotopic (exact) mass is 232 g/mol. The van der Waals surface area contributed by atoms with E-state index in [1.807, 2.05) is 6.07 Å². The Labute approximate surface area is 98.4 Å². The van der Waals surface area contributed by atoms with Gasteiger partial charge in [0, 0.05) is 11.5 Å². The lowest BCUT2D eigenvalue weighted by Crippen LogP contribution is -2.36. The van der Waals surface area contributed by atoms with Crippen LogP contribution < -0.4 is 4.74 Å². The lowest BCUT2D eigenvalue weighted by atomic mass is 10.3. The molecule has 0 N–H and O–H groups in total.